The van der Waals surface area contributed by atoms with Gasteiger partial charge in [-0.15, -0.1) is 0 Å². The molecule has 1 amide bonds. The molecular weight excluding hydrogens is 358 g/mol. The Labute approximate surface area is 141 Å². The van der Waals surface area contributed by atoms with Crippen LogP contribution in [-0.4, -0.2) is 21.7 Å². The highest BCUT2D eigenvalue weighted by atomic mass is 79.9. The number of benzene rings is 2. The fraction of sp³-hybridized carbons (Fsp3) is 0.0588. The number of para-hydroxylation sites is 1. The van der Waals surface area contributed by atoms with Gasteiger partial charge in [0.1, 0.15) is 5.75 Å². The van der Waals surface area contributed by atoms with Gasteiger partial charge in [-0.05, 0) is 37.3 Å². The number of phenols is 1. The van der Waals surface area contributed by atoms with Crippen LogP contribution in [0.1, 0.15) is 23.0 Å². The lowest BCUT2D eigenvalue weighted by Gasteiger charge is -2.04. The van der Waals surface area contributed by atoms with Crippen LogP contribution in [0.25, 0.3) is 10.9 Å². The van der Waals surface area contributed by atoms with Gasteiger partial charge in [0.05, 0.1) is 17.0 Å². The van der Waals surface area contributed by atoms with Crippen LogP contribution in [0.2, 0.25) is 0 Å². The zero-order chi connectivity index (χ0) is 16.4. The molecule has 0 aliphatic rings. The van der Waals surface area contributed by atoms with Gasteiger partial charge in [0, 0.05) is 15.4 Å². The van der Waals surface area contributed by atoms with Crippen molar-refractivity contribution in [3.63, 3.8) is 0 Å². The van der Waals surface area contributed by atoms with Crippen molar-refractivity contribution in [1.29, 1.82) is 0 Å². The second kappa shape index (κ2) is 6.26. The van der Waals surface area contributed by atoms with Gasteiger partial charge < -0.3 is 10.1 Å². The lowest BCUT2D eigenvalue weighted by Crippen LogP contribution is -2.19. The van der Waals surface area contributed by atoms with Crippen molar-refractivity contribution in [2.24, 2.45) is 5.10 Å². The number of hydrogen-bond acceptors (Lipinski definition) is 3. The Kier molecular flexibility index (Phi) is 4.16. The summed E-state index contributed by atoms with van der Waals surface area (Å²) >= 11 is 3.27. The average Bonchev–Trinajstić information content (AvgIpc) is 2.98. The average molecular weight is 372 g/mol. The fourth-order valence-corrected chi connectivity index (χ4v) is 2.57. The Morgan fingerprint density at radius 2 is 2.00 bits per heavy atom. The van der Waals surface area contributed by atoms with Crippen molar-refractivity contribution < 1.29 is 9.90 Å². The van der Waals surface area contributed by atoms with Crippen LogP contribution in [0, 0.1) is 0 Å². The predicted octanol–water partition coefficient (Wildman–Crippen LogP) is 3.79. The Morgan fingerprint density at radius 1 is 1.22 bits per heavy atom. The SMILES string of the molecule is C/C(=N\NC(=O)c1cc(Br)ccc1O)c1cc2ccccc2[nH]1. The smallest absolute Gasteiger partial charge is 0.275 e. The summed E-state index contributed by atoms with van der Waals surface area (Å²) in [5, 5.41) is 14.9. The molecule has 0 bridgehead atoms. The summed E-state index contributed by atoms with van der Waals surface area (Å²) in [5.74, 6) is -0.566. The highest BCUT2D eigenvalue weighted by Crippen LogP contribution is 2.21. The van der Waals surface area contributed by atoms with Crippen LogP contribution >= 0.6 is 15.9 Å². The minimum absolute atomic E-state index is 0.0934. The van der Waals surface area contributed by atoms with Crippen molar-refractivity contribution in [3.8, 4) is 5.75 Å². The molecule has 0 atom stereocenters. The Hall–Kier alpha value is -2.60. The van der Waals surface area contributed by atoms with Crippen molar-refractivity contribution in [2.75, 3.05) is 0 Å². The van der Waals surface area contributed by atoms with Crippen LogP contribution in [0.3, 0.4) is 0 Å². The van der Waals surface area contributed by atoms with Gasteiger partial charge in [0.15, 0.2) is 0 Å². The summed E-state index contributed by atoms with van der Waals surface area (Å²) in [5.41, 5.74) is 5.09. The van der Waals surface area contributed by atoms with Crippen LogP contribution < -0.4 is 5.43 Å². The molecule has 3 rings (SSSR count). The van der Waals surface area contributed by atoms with E-state index in [1.54, 1.807) is 19.1 Å². The van der Waals surface area contributed by atoms with E-state index in [1.165, 1.54) is 6.07 Å². The zero-order valence-corrected chi connectivity index (χ0v) is 13.9. The predicted molar refractivity (Wildman–Crippen MR) is 93.8 cm³/mol. The zero-order valence-electron chi connectivity index (χ0n) is 12.3. The molecule has 1 heterocycles. The number of H-pyrrole nitrogens is 1. The molecule has 2 aromatic carbocycles. The second-order valence-corrected chi connectivity index (χ2v) is 5.99. The first-order valence-electron chi connectivity index (χ1n) is 6.96. The number of hydrazone groups is 1. The highest BCUT2D eigenvalue weighted by Gasteiger charge is 2.11. The number of amides is 1. The van der Waals surface area contributed by atoms with Gasteiger partial charge in [-0.25, -0.2) is 5.43 Å². The number of halogens is 1. The van der Waals surface area contributed by atoms with Gasteiger partial charge in [0.2, 0.25) is 0 Å². The third kappa shape index (κ3) is 3.27. The number of phenolic OH excluding ortho intramolecular Hbond substituents is 1. The van der Waals surface area contributed by atoms with E-state index in [9.17, 15) is 9.90 Å². The summed E-state index contributed by atoms with van der Waals surface area (Å²) in [6.45, 7) is 1.80. The van der Waals surface area contributed by atoms with E-state index in [-0.39, 0.29) is 11.3 Å². The Bertz CT molecular complexity index is 882. The van der Waals surface area contributed by atoms with Crippen LogP contribution in [-0.2, 0) is 0 Å². The maximum Gasteiger partial charge on any atom is 0.275 e. The maximum atomic E-state index is 12.1. The standard InChI is InChI=1S/C17H14BrN3O2/c1-10(15-8-11-4-2-3-5-14(11)19-15)20-21-17(23)13-9-12(18)6-7-16(13)22/h2-9,19,22H,1H3,(H,21,23)/b20-10+. The van der Waals surface area contributed by atoms with Gasteiger partial charge in [-0.3, -0.25) is 4.79 Å². The van der Waals surface area contributed by atoms with E-state index >= 15 is 0 Å². The minimum atomic E-state index is -0.473. The van der Waals surface area contributed by atoms with Gasteiger partial charge >= 0.3 is 0 Å². The summed E-state index contributed by atoms with van der Waals surface area (Å²) in [7, 11) is 0. The van der Waals surface area contributed by atoms with E-state index in [1.807, 2.05) is 30.3 Å². The van der Waals surface area contributed by atoms with Crippen LogP contribution in [0.5, 0.6) is 5.75 Å². The van der Waals surface area contributed by atoms with Crippen molar-refractivity contribution >= 4 is 38.5 Å². The Morgan fingerprint density at radius 3 is 2.78 bits per heavy atom. The van der Waals surface area contributed by atoms with E-state index in [0.717, 1.165) is 16.6 Å². The molecule has 0 saturated heterocycles. The maximum absolute atomic E-state index is 12.1. The molecule has 0 aliphatic heterocycles. The van der Waals surface area contributed by atoms with E-state index in [0.29, 0.717) is 10.2 Å². The van der Waals surface area contributed by atoms with Crippen molar-refractivity contribution in [2.45, 2.75) is 6.92 Å². The minimum Gasteiger partial charge on any atom is -0.507 e. The summed E-state index contributed by atoms with van der Waals surface area (Å²) in [6, 6.07) is 14.5. The quantitative estimate of drug-likeness (QED) is 0.483. The Balaban J connectivity index is 1.81. The summed E-state index contributed by atoms with van der Waals surface area (Å²) < 4.78 is 0.705. The van der Waals surface area contributed by atoms with E-state index < -0.39 is 5.91 Å². The highest BCUT2D eigenvalue weighted by molar-refractivity contribution is 9.10. The molecule has 0 aliphatic carbocycles. The largest absolute Gasteiger partial charge is 0.507 e. The number of aromatic nitrogens is 1. The monoisotopic (exact) mass is 371 g/mol. The first-order chi connectivity index (χ1) is 11.0. The molecule has 0 unspecified atom stereocenters. The first-order valence-corrected chi connectivity index (χ1v) is 7.75. The number of hydrogen-bond donors (Lipinski definition) is 3. The summed E-state index contributed by atoms with van der Waals surface area (Å²) in [6.07, 6.45) is 0. The number of nitrogens with one attached hydrogen (secondary N) is 2. The molecule has 5 nitrogen and oxygen atoms in total. The number of carbonyl (C=O) groups is 1. The number of nitrogens with zero attached hydrogens (tertiary/aromatic N) is 1. The van der Waals surface area contributed by atoms with Crippen molar-refractivity contribution in [1.82, 2.24) is 10.4 Å². The second-order valence-electron chi connectivity index (χ2n) is 5.07. The fourth-order valence-electron chi connectivity index (χ4n) is 2.21. The summed E-state index contributed by atoms with van der Waals surface area (Å²) in [4.78, 5) is 15.4. The number of carbonyl (C=O) groups excluding carboxylic acids is 1. The third-order valence-corrected chi connectivity index (χ3v) is 3.94. The molecule has 0 radical (unpaired) electrons. The molecule has 0 saturated carbocycles. The van der Waals surface area contributed by atoms with Gasteiger partial charge in [-0.1, -0.05) is 34.1 Å². The molecule has 1 aromatic heterocycles. The number of rotatable bonds is 3. The normalized spacial score (nSPS) is 11.7. The van der Waals surface area contributed by atoms with Crippen molar-refractivity contribution in [3.05, 3.63) is 64.3 Å². The molecule has 23 heavy (non-hydrogen) atoms. The van der Waals surface area contributed by atoms with Gasteiger partial charge in [0.25, 0.3) is 5.91 Å². The lowest BCUT2D eigenvalue weighted by atomic mass is 10.2. The lowest BCUT2D eigenvalue weighted by molar-refractivity contribution is 0.0952. The first kappa shape index (κ1) is 15.3. The van der Waals surface area contributed by atoms with E-state index in [4.69, 9.17) is 0 Å². The molecule has 3 aromatic rings. The van der Waals surface area contributed by atoms with Crippen LogP contribution in [0.15, 0.2) is 58.1 Å². The number of aromatic hydroxyl groups is 1. The molecule has 0 spiro atoms. The molecular formula is C17H14BrN3O2. The van der Waals surface area contributed by atoms with Gasteiger partial charge in [-0.2, -0.15) is 5.10 Å². The molecule has 6 heteroatoms. The molecule has 3 N–H and O–H groups in total. The number of fused-ring (bicyclic) bond motifs is 1. The topological polar surface area (TPSA) is 77.5 Å². The van der Waals surface area contributed by atoms with E-state index in [2.05, 4.69) is 31.4 Å². The third-order valence-electron chi connectivity index (χ3n) is 3.45. The number of aromatic amines is 1. The molecule has 116 valence electrons. The molecule has 0 fully saturated rings. The van der Waals surface area contributed by atoms with Crippen LogP contribution in [0.4, 0.5) is 0 Å².